The third-order valence-corrected chi connectivity index (χ3v) is 4.93. The van der Waals surface area contributed by atoms with E-state index in [9.17, 15) is 21.6 Å². The minimum absolute atomic E-state index is 0.227. The van der Waals surface area contributed by atoms with Crippen LogP contribution >= 0.6 is 22.6 Å². The largest absolute Gasteiger partial charge is 0.416 e. The molecular formula is C13H9F3INO2S. The predicted octanol–water partition coefficient (Wildman–Crippen LogP) is 4.11. The Kier molecular flexibility index (Phi) is 4.47. The Labute approximate surface area is 133 Å². The van der Waals surface area contributed by atoms with Gasteiger partial charge in [-0.2, -0.15) is 13.2 Å². The zero-order valence-electron chi connectivity index (χ0n) is 10.4. The minimum Gasteiger partial charge on any atom is -0.279 e. The average molecular weight is 427 g/mol. The Morgan fingerprint density at radius 3 is 2.05 bits per heavy atom. The number of benzene rings is 2. The minimum atomic E-state index is -4.50. The first-order valence-electron chi connectivity index (χ1n) is 5.65. The SMILES string of the molecule is O=S(=O)(Nc1ccccc1I)c1ccc(C(F)(F)F)cc1. The van der Waals surface area contributed by atoms with Crippen molar-refractivity contribution >= 4 is 38.3 Å². The molecule has 0 saturated heterocycles. The molecule has 0 fully saturated rings. The van der Waals surface area contributed by atoms with Gasteiger partial charge in [-0.25, -0.2) is 8.42 Å². The van der Waals surface area contributed by atoms with Crippen molar-refractivity contribution in [3.05, 3.63) is 57.7 Å². The van der Waals surface area contributed by atoms with Crippen molar-refractivity contribution in [3.63, 3.8) is 0 Å². The number of nitrogens with one attached hydrogen (secondary N) is 1. The fraction of sp³-hybridized carbons (Fsp3) is 0.0769. The molecule has 0 bridgehead atoms. The van der Waals surface area contributed by atoms with Crippen molar-refractivity contribution < 1.29 is 21.6 Å². The van der Waals surface area contributed by atoms with E-state index in [2.05, 4.69) is 4.72 Å². The molecule has 0 radical (unpaired) electrons. The fourth-order valence-corrected chi connectivity index (χ4v) is 3.36. The maximum atomic E-state index is 12.4. The second kappa shape index (κ2) is 5.84. The molecule has 2 rings (SSSR count). The standard InChI is InChI=1S/C13H9F3INO2S/c14-13(15,16)9-5-7-10(8-6-9)21(19,20)18-12-4-2-1-3-11(12)17/h1-8,18H. The first-order chi connectivity index (χ1) is 9.70. The highest BCUT2D eigenvalue weighted by atomic mass is 127. The molecule has 112 valence electrons. The van der Waals surface area contributed by atoms with Crippen molar-refractivity contribution in [2.45, 2.75) is 11.1 Å². The van der Waals surface area contributed by atoms with Gasteiger partial charge in [0.15, 0.2) is 0 Å². The summed E-state index contributed by atoms with van der Waals surface area (Å²) in [4.78, 5) is -0.227. The Morgan fingerprint density at radius 1 is 0.952 bits per heavy atom. The molecule has 0 aromatic heterocycles. The molecule has 2 aromatic carbocycles. The summed E-state index contributed by atoms with van der Waals surface area (Å²) >= 11 is 1.96. The van der Waals surface area contributed by atoms with Gasteiger partial charge in [0.2, 0.25) is 0 Å². The second-order valence-corrected chi connectivity index (χ2v) is 6.95. The maximum Gasteiger partial charge on any atom is 0.416 e. The van der Waals surface area contributed by atoms with Gasteiger partial charge in [-0.3, -0.25) is 4.72 Å². The van der Waals surface area contributed by atoms with E-state index in [1.54, 1.807) is 24.3 Å². The molecule has 0 heterocycles. The maximum absolute atomic E-state index is 12.4. The van der Waals surface area contributed by atoms with Gasteiger partial charge in [-0.15, -0.1) is 0 Å². The lowest BCUT2D eigenvalue weighted by atomic mass is 10.2. The fourth-order valence-electron chi connectivity index (χ4n) is 1.57. The summed E-state index contributed by atoms with van der Waals surface area (Å²) in [6.45, 7) is 0. The number of rotatable bonds is 3. The Morgan fingerprint density at radius 2 is 1.52 bits per heavy atom. The van der Waals surface area contributed by atoms with Gasteiger partial charge in [0, 0.05) is 3.57 Å². The molecule has 21 heavy (non-hydrogen) atoms. The molecular weight excluding hydrogens is 418 g/mol. The van der Waals surface area contributed by atoms with Gasteiger partial charge in [-0.05, 0) is 59.0 Å². The van der Waals surface area contributed by atoms with Crippen LogP contribution in [0.3, 0.4) is 0 Å². The zero-order valence-corrected chi connectivity index (χ0v) is 13.3. The van der Waals surface area contributed by atoms with E-state index in [1.807, 2.05) is 22.6 Å². The zero-order chi connectivity index (χ0) is 15.7. The highest BCUT2D eigenvalue weighted by Crippen LogP contribution is 2.30. The predicted molar refractivity (Wildman–Crippen MR) is 81.4 cm³/mol. The molecule has 0 aliphatic rings. The van der Waals surface area contributed by atoms with Crippen LogP contribution in [0.25, 0.3) is 0 Å². The monoisotopic (exact) mass is 427 g/mol. The molecule has 0 spiro atoms. The van der Waals surface area contributed by atoms with Gasteiger partial charge in [0.25, 0.3) is 10.0 Å². The smallest absolute Gasteiger partial charge is 0.279 e. The summed E-state index contributed by atoms with van der Waals surface area (Å²) in [5, 5.41) is 0. The van der Waals surface area contributed by atoms with E-state index in [0.29, 0.717) is 9.26 Å². The van der Waals surface area contributed by atoms with Crippen LogP contribution < -0.4 is 4.72 Å². The first kappa shape index (κ1) is 16.1. The lowest BCUT2D eigenvalue weighted by Crippen LogP contribution is -2.14. The van der Waals surface area contributed by atoms with E-state index in [4.69, 9.17) is 0 Å². The van der Waals surface area contributed by atoms with Crippen LogP contribution in [-0.2, 0) is 16.2 Å². The van der Waals surface area contributed by atoms with Gasteiger partial charge in [0.1, 0.15) is 0 Å². The van der Waals surface area contributed by atoms with E-state index in [-0.39, 0.29) is 4.90 Å². The number of halogens is 4. The first-order valence-corrected chi connectivity index (χ1v) is 8.21. The summed E-state index contributed by atoms with van der Waals surface area (Å²) in [6, 6.07) is 10.0. The van der Waals surface area contributed by atoms with Crippen LogP contribution in [0.5, 0.6) is 0 Å². The summed E-state index contributed by atoms with van der Waals surface area (Å²) in [6.07, 6.45) is -4.50. The summed E-state index contributed by atoms with van der Waals surface area (Å²) in [5.41, 5.74) is -0.520. The van der Waals surface area contributed by atoms with E-state index < -0.39 is 21.8 Å². The number of hydrogen-bond acceptors (Lipinski definition) is 2. The summed E-state index contributed by atoms with van der Waals surface area (Å²) < 4.78 is 64.6. The topological polar surface area (TPSA) is 46.2 Å². The lowest BCUT2D eigenvalue weighted by molar-refractivity contribution is -0.137. The number of hydrogen-bond donors (Lipinski definition) is 1. The molecule has 0 unspecified atom stereocenters. The number of para-hydroxylation sites is 1. The second-order valence-electron chi connectivity index (χ2n) is 4.11. The number of anilines is 1. The van der Waals surface area contributed by atoms with Gasteiger partial charge >= 0.3 is 6.18 Å². The van der Waals surface area contributed by atoms with Crippen LogP contribution in [0.2, 0.25) is 0 Å². The third-order valence-electron chi connectivity index (χ3n) is 2.61. The molecule has 0 atom stereocenters. The van der Waals surface area contributed by atoms with Crippen LogP contribution in [0.15, 0.2) is 53.4 Å². The Balaban J connectivity index is 2.30. The van der Waals surface area contributed by atoms with Crippen molar-refractivity contribution in [2.75, 3.05) is 4.72 Å². The highest BCUT2D eigenvalue weighted by Gasteiger charge is 2.30. The molecule has 1 N–H and O–H groups in total. The lowest BCUT2D eigenvalue weighted by Gasteiger charge is -2.11. The number of sulfonamides is 1. The average Bonchev–Trinajstić information content (AvgIpc) is 2.40. The summed E-state index contributed by atoms with van der Waals surface area (Å²) in [5.74, 6) is 0. The van der Waals surface area contributed by atoms with Crippen LogP contribution in [-0.4, -0.2) is 8.42 Å². The van der Waals surface area contributed by atoms with Crippen molar-refractivity contribution in [3.8, 4) is 0 Å². The molecule has 3 nitrogen and oxygen atoms in total. The van der Waals surface area contributed by atoms with Crippen molar-refractivity contribution in [1.82, 2.24) is 0 Å². The van der Waals surface area contributed by atoms with Crippen LogP contribution in [0, 0.1) is 3.57 Å². The molecule has 0 aliphatic heterocycles. The van der Waals surface area contributed by atoms with Crippen molar-refractivity contribution in [2.24, 2.45) is 0 Å². The van der Waals surface area contributed by atoms with Gasteiger partial charge in [0.05, 0.1) is 16.1 Å². The molecule has 0 saturated carbocycles. The van der Waals surface area contributed by atoms with Gasteiger partial charge < -0.3 is 0 Å². The third kappa shape index (κ3) is 3.88. The summed E-state index contributed by atoms with van der Waals surface area (Å²) in [7, 11) is -3.92. The molecule has 2 aromatic rings. The normalized spacial score (nSPS) is 12.2. The van der Waals surface area contributed by atoms with E-state index >= 15 is 0 Å². The Bertz CT molecular complexity index is 743. The highest BCUT2D eigenvalue weighted by molar-refractivity contribution is 14.1. The van der Waals surface area contributed by atoms with Crippen LogP contribution in [0.4, 0.5) is 18.9 Å². The quantitative estimate of drug-likeness (QED) is 0.750. The van der Waals surface area contributed by atoms with E-state index in [1.165, 1.54) is 0 Å². The Hall–Kier alpha value is -1.29. The van der Waals surface area contributed by atoms with Crippen LogP contribution in [0.1, 0.15) is 5.56 Å². The molecule has 8 heteroatoms. The van der Waals surface area contributed by atoms with Gasteiger partial charge in [-0.1, -0.05) is 12.1 Å². The molecule has 0 aliphatic carbocycles. The number of alkyl halides is 3. The molecule has 0 amide bonds. The van der Waals surface area contributed by atoms with Crippen molar-refractivity contribution in [1.29, 1.82) is 0 Å². The van der Waals surface area contributed by atoms with E-state index in [0.717, 1.165) is 24.3 Å².